The predicted molar refractivity (Wildman–Crippen MR) is 144 cm³/mol. The molecule has 4 aromatic rings. The van der Waals surface area contributed by atoms with Crippen LogP contribution in [-0.2, 0) is 11.8 Å². The number of benzene rings is 1. The van der Waals surface area contributed by atoms with E-state index >= 15 is 0 Å². The Hall–Kier alpha value is -3.96. The van der Waals surface area contributed by atoms with Crippen molar-refractivity contribution < 1.29 is 9.53 Å². The molecular formula is C26H33N9O2. The van der Waals surface area contributed by atoms with E-state index in [1.165, 1.54) is 0 Å². The number of aromatic amines is 1. The number of fused-ring (bicyclic) bond motifs is 1. The van der Waals surface area contributed by atoms with Gasteiger partial charge in [0.1, 0.15) is 5.69 Å². The summed E-state index contributed by atoms with van der Waals surface area (Å²) < 4.78 is 6.98. The molecule has 4 heterocycles. The third-order valence-corrected chi connectivity index (χ3v) is 6.81. The zero-order valence-corrected chi connectivity index (χ0v) is 21.7. The molecule has 0 bridgehead atoms. The van der Waals surface area contributed by atoms with Crippen LogP contribution in [0.15, 0.2) is 42.9 Å². The standard InChI is InChI=1S/C26H33N9O2/c1-5-22(35-13-11-33(2)12-14-35)24(36)29-20-8-6-7-17-18(15-28-23(17)20)19-9-10-27-26(30-19)31-21-16-34(3)32-25(21)37-4/h6-10,15-16,22,28H,5,11-14H2,1-4H3,(H,29,36)(H,27,30,31). The molecule has 37 heavy (non-hydrogen) atoms. The first-order valence-corrected chi connectivity index (χ1v) is 12.5. The number of carbonyl (C=O) groups excluding carboxylic acids is 1. The first kappa shape index (κ1) is 24.7. The smallest absolute Gasteiger partial charge is 0.256 e. The lowest BCUT2D eigenvalue weighted by molar-refractivity contribution is -0.122. The van der Waals surface area contributed by atoms with Crippen LogP contribution in [0.25, 0.3) is 22.2 Å². The van der Waals surface area contributed by atoms with Crippen LogP contribution in [0, 0.1) is 0 Å². The second-order valence-corrected chi connectivity index (χ2v) is 9.30. The molecule has 0 aliphatic carbocycles. The minimum atomic E-state index is -0.154. The Kier molecular flexibility index (Phi) is 7.06. The number of aromatic nitrogens is 5. The number of rotatable bonds is 8. The molecule has 1 aliphatic rings. The second-order valence-electron chi connectivity index (χ2n) is 9.30. The number of hydrogen-bond donors (Lipinski definition) is 3. The summed E-state index contributed by atoms with van der Waals surface area (Å²) in [5.74, 6) is 0.918. The number of aryl methyl sites for hydroxylation is 1. The number of anilines is 3. The summed E-state index contributed by atoms with van der Waals surface area (Å²) >= 11 is 0. The maximum atomic E-state index is 13.3. The topological polar surface area (TPSA) is 116 Å². The molecule has 1 aliphatic heterocycles. The second kappa shape index (κ2) is 10.6. The van der Waals surface area contributed by atoms with Crippen LogP contribution in [0.5, 0.6) is 5.88 Å². The molecule has 5 rings (SSSR count). The van der Waals surface area contributed by atoms with Crippen molar-refractivity contribution in [2.45, 2.75) is 19.4 Å². The number of methoxy groups -OCH3 is 1. The molecule has 1 fully saturated rings. The summed E-state index contributed by atoms with van der Waals surface area (Å²) in [6, 6.07) is 7.61. The summed E-state index contributed by atoms with van der Waals surface area (Å²) in [4.78, 5) is 30.3. The van der Waals surface area contributed by atoms with Crippen molar-refractivity contribution >= 4 is 34.1 Å². The summed E-state index contributed by atoms with van der Waals surface area (Å²) in [7, 11) is 5.51. The lowest BCUT2D eigenvalue weighted by Crippen LogP contribution is -2.52. The highest BCUT2D eigenvalue weighted by Crippen LogP contribution is 2.32. The number of nitrogens with zero attached hydrogens (tertiary/aromatic N) is 6. The molecule has 1 unspecified atom stereocenters. The van der Waals surface area contributed by atoms with Crippen molar-refractivity contribution in [3.05, 3.63) is 42.9 Å². The van der Waals surface area contributed by atoms with E-state index < -0.39 is 0 Å². The minimum Gasteiger partial charge on any atom is -0.478 e. The van der Waals surface area contributed by atoms with Gasteiger partial charge in [-0.15, -0.1) is 5.10 Å². The van der Waals surface area contributed by atoms with Crippen molar-refractivity contribution in [3.8, 4) is 17.1 Å². The zero-order valence-electron chi connectivity index (χ0n) is 21.7. The molecule has 0 radical (unpaired) electrons. The van der Waals surface area contributed by atoms with E-state index in [-0.39, 0.29) is 11.9 Å². The fourth-order valence-electron chi connectivity index (χ4n) is 4.82. The highest BCUT2D eigenvalue weighted by molar-refractivity contribution is 6.06. The van der Waals surface area contributed by atoms with Gasteiger partial charge in [0.25, 0.3) is 5.88 Å². The van der Waals surface area contributed by atoms with Crippen LogP contribution in [0.2, 0.25) is 0 Å². The van der Waals surface area contributed by atoms with Gasteiger partial charge in [0.15, 0.2) is 0 Å². The number of para-hydroxylation sites is 1. The molecule has 3 N–H and O–H groups in total. The van der Waals surface area contributed by atoms with Crippen LogP contribution >= 0.6 is 0 Å². The van der Waals surface area contributed by atoms with Gasteiger partial charge in [-0.05, 0) is 25.6 Å². The number of nitrogens with one attached hydrogen (secondary N) is 3. The molecule has 0 spiro atoms. The Morgan fingerprint density at radius 3 is 2.73 bits per heavy atom. The average Bonchev–Trinajstić information content (AvgIpc) is 3.49. The molecule has 1 saturated heterocycles. The lowest BCUT2D eigenvalue weighted by atomic mass is 10.1. The number of amides is 1. The SMILES string of the molecule is CCC(C(=O)Nc1cccc2c(-c3ccnc(Nc4cn(C)nc4OC)n3)c[nH]c12)N1CCN(C)CC1. The zero-order chi connectivity index (χ0) is 25.9. The van der Waals surface area contributed by atoms with Crippen LogP contribution in [-0.4, -0.2) is 86.8 Å². The van der Waals surface area contributed by atoms with Crippen LogP contribution in [0.3, 0.4) is 0 Å². The van der Waals surface area contributed by atoms with Crippen molar-refractivity contribution in [2.24, 2.45) is 7.05 Å². The minimum absolute atomic E-state index is 0.0228. The first-order chi connectivity index (χ1) is 18.0. The van der Waals surface area contributed by atoms with E-state index in [0.717, 1.165) is 60.4 Å². The third-order valence-electron chi connectivity index (χ3n) is 6.81. The third kappa shape index (κ3) is 5.13. The van der Waals surface area contributed by atoms with E-state index in [2.05, 4.69) is 49.5 Å². The van der Waals surface area contributed by atoms with E-state index in [0.29, 0.717) is 17.5 Å². The predicted octanol–water partition coefficient (Wildman–Crippen LogP) is 3.08. The summed E-state index contributed by atoms with van der Waals surface area (Å²) in [6.45, 7) is 5.81. The Morgan fingerprint density at radius 2 is 1.97 bits per heavy atom. The molecule has 11 nitrogen and oxygen atoms in total. The molecule has 1 atom stereocenters. The van der Waals surface area contributed by atoms with Gasteiger partial charge in [-0.25, -0.2) is 9.97 Å². The normalized spacial score (nSPS) is 15.6. The number of likely N-dealkylation sites (N-methyl/N-ethyl adjacent to an activating group) is 1. The molecule has 1 amide bonds. The van der Waals surface area contributed by atoms with Gasteiger partial charge in [0.2, 0.25) is 11.9 Å². The number of ether oxygens (including phenoxy) is 1. The van der Waals surface area contributed by atoms with Crippen molar-refractivity contribution in [2.75, 3.05) is 51.0 Å². The maximum Gasteiger partial charge on any atom is 0.256 e. The van der Waals surface area contributed by atoms with Gasteiger partial charge in [0.05, 0.1) is 36.2 Å². The summed E-state index contributed by atoms with van der Waals surface area (Å²) in [6.07, 6.45) is 6.19. The van der Waals surface area contributed by atoms with E-state index in [4.69, 9.17) is 9.72 Å². The van der Waals surface area contributed by atoms with Gasteiger partial charge >= 0.3 is 0 Å². The molecule has 11 heteroatoms. The molecule has 0 saturated carbocycles. The van der Waals surface area contributed by atoms with E-state index in [1.54, 1.807) is 24.2 Å². The Morgan fingerprint density at radius 1 is 1.16 bits per heavy atom. The summed E-state index contributed by atoms with van der Waals surface area (Å²) in [5, 5.41) is 11.6. The van der Waals surface area contributed by atoms with Gasteiger partial charge in [-0.2, -0.15) is 0 Å². The first-order valence-electron chi connectivity index (χ1n) is 12.5. The fraction of sp³-hybridized carbons (Fsp3) is 0.385. The summed E-state index contributed by atoms with van der Waals surface area (Å²) in [5.41, 5.74) is 3.96. The van der Waals surface area contributed by atoms with Gasteiger partial charge in [-0.3, -0.25) is 14.4 Å². The fourth-order valence-corrected chi connectivity index (χ4v) is 4.82. The van der Waals surface area contributed by atoms with Crippen LogP contribution < -0.4 is 15.4 Å². The number of carbonyl (C=O) groups is 1. The molecule has 194 valence electrons. The molecule has 3 aromatic heterocycles. The van der Waals surface area contributed by atoms with Crippen LogP contribution in [0.4, 0.5) is 17.3 Å². The quantitative estimate of drug-likeness (QED) is 0.336. The number of H-pyrrole nitrogens is 1. The number of piperazine rings is 1. The monoisotopic (exact) mass is 503 g/mol. The van der Waals surface area contributed by atoms with E-state index in [1.807, 2.05) is 37.5 Å². The lowest BCUT2D eigenvalue weighted by Gasteiger charge is -2.36. The largest absolute Gasteiger partial charge is 0.478 e. The molecular weight excluding hydrogens is 470 g/mol. The Labute approximate surface area is 215 Å². The number of hydrogen-bond acceptors (Lipinski definition) is 8. The Balaban J connectivity index is 1.38. The average molecular weight is 504 g/mol. The van der Waals surface area contributed by atoms with Crippen molar-refractivity contribution in [1.29, 1.82) is 0 Å². The Bertz CT molecular complexity index is 1390. The highest BCUT2D eigenvalue weighted by Gasteiger charge is 2.27. The van der Waals surface area contributed by atoms with Gasteiger partial charge in [0, 0.05) is 56.6 Å². The highest BCUT2D eigenvalue weighted by atomic mass is 16.5. The maximum absolute atomic E-state index is 13.3. The van der Waals surface area contributed by atoms with Gasteiger partial charge in [-0.1, -0.05) is 19.1 Å². The van der Waals surface area contributed by atoms with Crippen molar-refractivity contribution in [1.82, 2.24) is 34.5 Å². The van der Waals surface area contributed by atoms with Crippen LogP contribution in [0.1, 0.15) is 13.3 Å². The molecule has 1 aromatic carbocycles. The van der Waals surface area contributed by atoms with Gasteiger partial charge < -0.3 is 25.3 Å². The van der Waals surface area contributed by atoms with E-state index in [9.17, 15) is 4.79 Å². The van der Waals surface area contributed by atoms with Crippen molar-refractivity contribution in [3.63, 3.8) is 0 Å².